The van der Waals surface area contributed by atoms with Gasteiger partial charge in [-0.1, -0.05) is 6.07 Å². The molecule has 1 fully saturated rings. The van der Waals surface area contributed by atoms with Crippen molar-refractivity contribution >= 4 is 11.8 Å². The molecule has 3 heterocycles. The first kappa shape index (κ1) is 16.6. The second-order valence-corrected chi connectivity index (χ2v) is 6.12. The van der Waals surface area contributed by atoms with E-state index in [9.17, 15) is 0 Å². The zero-order valence-corrected chi connectivity index (χ0v) is 14.3. The van der Waals surface area contributed by atoms with Crippen LogP contribution in [-0.2, 0) is 0 Å². The number of aromatic nitrogens is 3. The molecule has 1 aliphatic heterocycles. The van der Waals surface area contributed by atoms with Crippen LogP contribution in [0, 0.1) is 5.92 Å². The van der Waals surface area contributed by atoms with Crippen molar-refractivity contribution in [1.82, 2.24) is 20.3 Å². The van der Waals surface area contributed by atoms with Gasteiger partial charge in [-0.2, -0.15) is 4.98 Å². The molecule has 0 atom stereocenters. The topological polar surface area (TPSA) is 74.8 Å². The van der Waals surface area contributed by atoms with E-state index in [-0.39, 0.29) is 0 Å². The SMILES string of the molecule is CCNc1nc(NCCC2CCNCC2)cc(-c2ccccn2)n1. The fraction of sp³-hybridized carbons (Fsp3) is 0.500. The van der Waals surface area contributed by atoms with E-state index in [0.717, 1.165) is 49.3 Å². The number of nitrogens with one attached hydrogen (secondary N) is 3. The van der Waals surface area contributed by atoms with Crippen LogP contribution in [0.15, 0.2) is 30.5 Å². The Morgan fingerprint density at radius 3 is 2.75 bits per heavy atom. The van der Waals surface area contributed by atoms with Crippen LogP contribution >= 0.6 is 0 Å². The highest BCUT2D eigenvalue weighted by atomic mass is 15.1. The highest BCUT2D eigenvalue weighted by Gasteiger charge is 2.13. The summed E-state index contributed by atoms with van der Waals surface area (Å²) in [5.41, 5.74) is 1.70. The summed E-state index contributed by atoms with van der Waals surface area (Å²) in [5.74, 6) is 2.31. The summed E-state index contributed by atoms with van der Waals surface area (Å²) in [6.07, 6.45) is 5.51. The summed E-state index contributed by atoms with van der Waals surface area (Å²) in [6.45, 7) is 6.06. The Hall–Kier alpha value is -2.21. The van der Waals surface area contributed by atoms with Gasteiger partial charge < -0.3 is 16.0 Å². The largest absolute Gasteiger partial charge is 0.370 e. The van der Waals surface area contributed by atoms with Gasteiger partial charge in [0.15, 0.2) is 0 Å². The number of nitrogens with zero attached hydrogens (tertiary/aromatic N) is 3. The summed E-state index contributed by atoms with van der Waals surface area (Å²) in [5, 5.41) is 10.1. The van der Waals surface area contributed by atoms with E-state index in [4.69, 9.17) is 0 Å². The van der Waals surface area contributed by atoms with Crippen LogP contribution in [0.1, 0.15) is 26.2 Å². The van der Waals surface area contributed by atoms with Crippen molar-refractivity contribution in [2.24, 2.45) is 5.92 Å². The lowest BCUT2D eigenvalue weighted by Gasteiger charge is -2.22. The third kappa shape index (κ3) is 4.64. The van der Waals surface area contributed by atoms with Crippen LogP contribution in [0.5, 0.6) is 0 Å². The molecule has 0 unspecified atom stereocenters. The lowest BCUT2D eigenvalue weighted by molar-refractivity contribution is 0.361. The van der Waals surface area contributed by atoms with Crippen LogP contribution in [0.3, 0.4) is 0 Å². The monoisotopic (exact) mass is 326 g/mol. The van der Waals surface area contributed by atoms with E-state index in [1.165, 1.54) is 19.3 Å². The van der Waals surface area contributed by atoms with Crippen molar-refractivity contribution in [1.29, 1.82) is 0 Å². The van der Waals surface area contributed by atoms with E-state index in [0.29, 0.717) is 5.95 Å². The van der Waals surface area contributed by atoms with Gasteiger partial charge >= 0.3 is 0 Å². The van der Waals surface area contributed by atoms with Crippen molar-refractivity contribution in [3.63, 3.8) is 0 Å². The van der Waals surface area contributed by atoms with Crippen LogP contribution in [-0.4, -0.2) is 41.1 Å². The van der Waals surface area contributed by atoms with Gasteiger partial charge in [0.25, 0.3) is 0 Å². The van der Waals surface area contributed by atoms with Gasteiger partial charge in [-0.05, 0) is 57.3 Å². The molecule has 1 saturated heterocycles. The van der Waals surface area contributed by atoms with Gasteiger partial charge in [-0.15, -0.1) is 0 Å². The van der Waals surface area contributed by atoms with E-state index in [2.05, 4.69) is 30.9 Å². The third-order valence-electron chi connectivity index (χ3n) is 4.31. The normalized spacial score (nSPS) is 15.2. The van der Waals surface area contributed by atoms with E-state index in [1.54, 1.807) is 6.20 Å². The predicted octanol–water partition coefficient (Wildman–Crippen LogP) is 2.77. The first-order valence-corrected chi connectivity index (χ1v) is 8.84. The molecule has 0 spiro atoms. The minimum Gasteiger partial charge on any atom is -0.370 e. The Labute approximate surface area is 143 Å². The van der Waals surface area contributed by atoms with E-state index in [1.807, 2.05) is 31.2 Å². The number of hydrogen-bond donors (Lipinski definition) is 3. The first-order valence-electron chi connectivity index (χ1n) is 8.84. The number of pyridine rings is 1. The predicted molar refractivity (Wildman–Crippen MR) is 98.1 cm³/mol. The molecule has 6 nitrogen and oxygen atoms in total. The Balaban J connectivity index is 1.68. The Morgan fingerprint density at radius 2 is 2.00 bits per heavy atom. The molecule has 0 radical (unpaired) electrons. The van der Waals surface area contributed by atoms with Crippen LogP contribution in [0.25, 0.3) is 11.4 Å². The second kappa shape index (κ2) is 8.59. The maximum atomic E-state index is 4.56. The van der Waals surface area contributed by atoms with E-state index >= 15 is 0 Å². The van der Waals surface area contributed by atoms with Crippen LogP contribution in [0.4, 0.5) is 11.8 Å². The minimum absolute atomic E-state index is 0.644. The maximum Gasteiger partial charge on any atom is 0.225 e. The average Bonchev–Trinajstić information content (AvgIpc) is 2.63. The van der Waals surface area contributed by atoms with Crippen LogP contribution in [0.2, 0.25) is 0 Å². The fourth-order valence-electron chi connectivity index (χ4n) is 3.00. The van der Waals surface area contributed by atoms with Crippen molar-refractivity contribution in [2.75, 3.05) is 36.8 Å². The molecule has 2 aromatic rings. The molecule has 1 aliphatic rings. The zero-order valence-electron chi connectivity index (χ0n) is 14.3. The van der Waals surface area contributed by atoms with Crippen molar-refractivity contribution < 1.29 is 0 Å². The van der Waals surface area contributed by atoms with E-state index < -0.39 is 0 Å². The smallest absolute Gasteiger partial charge is 0.225 e. The molecule has 0 saturated carbocycles. The highest BCUT2D eigenvalue weighted by molar-refractivity contribution is 5.60. The first-order chi connectivity index (χ1) is 11.8. The zero-order chi connectivity index (χ0) is 16.6. The molecule has 24 heavy (non-hydrogen) atoms. The summed E-state index contributed by atoms with van der Waals surface area (Å²) in [4.78, 5) is 13.5. The van der Waals surface area contributed by atoms with Crippen molar-refractivity contribution in [3.8, 4) is 11.4 Å². The molecule has 0 amide bonds. The van der Waals surface area contributed by atoms with Gasteiger partial charge in [0.1, 0.15) is 5.82 Å². The molecule has 0 aromatic carbocycles. The number of anilines is 2. The Bertz CT molecular complexity index is 625. The molecule has 0 bridgehead atoms. The summed E-state index contributed by atoms with van der Waals surface area (Å²) < 4.78 is 0. The molecule has 128 valence electrons. The number of piperidine rings is 1. The minimum atomic E-state index is 0.644. The van der Waals surface area contributed by atoms with Crippen molar-refractivity contribution in [2.45, 2.75) is 26.2 Å². The van der Waals surface area contributed by atoms with Gasteiger partial charge in [0.05, 0.1) is 11.4 Å². The molecule has 3 N–H and O–H groups in total. The Morgan fingerprint density at radius 1 is 1.12 bits per heavy atom. The van der Waals surface area contributed by atoms with Gasteiger partial charge in [-0.3, -0.25) is 4.98 Å². The summed E-state index contributed by atoms with van der Waals surface area (Å²) in [6, 6.07) is 7.83. The molecule has 0 aliphatic carbocycles. The lowest BCUT2D eigenvalue weighted by atomic mass is 9.95. The molecule has 2 aromatic heterocycles. The van der Waals surface area contributed by atoms with Crippen LogP contribution < -0.4 is 16.0 Å². The van der Waals surface area contributed by atoms with Gasteiger partial charge in [0.2, 0.25) is 5.95 Å². The molecular weight excluding hydrogens is 300 g/mol. The molecular formula is C18H26N6. The molecule has 6 heteroatoms. The Kier molecular flexibility index (Phi) is 5.96. The summed E-state index contributed by atoms with van der Waals surface area (Å²) in [7, 11) is 0. The highest BCUT2D eigenvalue weighted by Crippen LogP contribution is 2.20. The summed E-state index contributed by atoms with van der Waals surface area (Å²) >= 11 is 0. The maximum absolute atomic E-state index is 4.56. The second-order valence-electron chi connectivity index (χ2n) is 6.12. The number of rotatable bonds is 7. The third-order valence-corrected chi connectivity index (χ3v) is 4.31. The van der Waals surface area contributed by atoms with Gasteiger partial charge in [-0.25, -0.2) is 4.98 Å². The molecule has 3 rings (SSSR count). The lowest BCUT2D eigenvalue weighted by Crippen LogP contribution is -2.28. The average molecular weight is 326 g/mol. The van der Waals surface area contributed by atoms with Gasteiger partial charge in [0, 0.05) is 25.4 Å². The number of hydrogen-bond acceptors (Lipinski definition) is 6. The van der Waals surface area contributed by atoms with Crippen molar-refractivity contribution in [3.05, 3.63) is 30.5 Å². The standard InChI is InChI=1S/C18H26N6/c1-2-20-18-23-16(15-5-3-4-9-21-15)13-17(24-18)22-12-8-14-6-10-19-11-7-14/h3-5,9,13-14,19H,2,6-8,10-12H2,1H3,(H2,20,22,23,24). The quantitative estimate of drug-likeness (QED) is 0.726. The fourth-order valence-corrected chi connectivity index (χ4v) is 3.00.